The van der Waals surface area contributed by atoms with Crippen LogP contribution in [0, 0.1) is 31.0 Å². The summed E-state index contributed by atoms with van der Waals surface area (Å²) in [6, 6.07) is 11.4. The molecule has 1 N–H and O–H groups in total. The van der Waals surface area contributed by atoms with E-state index >= 15 is 0 Å². The van der Waals surface area contributed by atoms with E-state index < -0.39 is 5.82 Å². The lowest BCUT2D eigenvalue weighted by Crippen LogP contribution is -2.17. The van der Waals surface area contributed by atoms with Crippen molar-refractivity contribution in [2.75, 3.05) is 11.1 Å². The minimum atomic E-state index is -0.418. The third kappa shape index (κ3) is 4.08. The van der Waals surface area contributed by atoms with Gasteiger partial charge in [0.15, 0.2) is 5.76 Å². The first-order chi connectivity index (χ1) is 15.0. The van der Waals surface area contributed by atoms with E-state index in [2.05, 4.69) is 21.6 Å². The normalized spacial score (nSPS) is 10.8. The Morgan fingerprint density at radius 3 is 2.84 bits per heavy atom. The molecule has 4 aromatic rings. The van der Waals surface area contributed by atoms with E-state index in [4.69, 9.17) is 8.83 Å². The molecule has 0 saturated carbocycles. The van der Waals surface area contributed by atoms with Crippen LogP contribution in [0.5, 0.6) is 0 Å². The number of halogens is 1. The van der Waals surface area contributed by atoms with Gasteiger partial charge in [-0.15, -0.1) is 10.2 Å². The molecule has 3 aromatic heterocycles. The number of hydrogen-bond acceptors (Lipinski definition) is 7. The molecule has 1 aromatic carbocycles. The molecule has 156 valence electrons. The van der Waals surface area contributed by atoms with Gasteiger partial charge in [-0.3, -0.25) is 9.36 Å². The van der Waals surface area contributed by atoms with Gasteiger partial charge >= 0.3 is 0 Å². The lowest BCUT2D eigenvalue weighted by Gasteiger charge is -2.13. The quantitative estimate of drug-likeness (QED) is 0.443. The number of nitriles is 1. The molecule has 0 spiro atoms. The summed E-state index contributed by atoms with van der Waals surface area (Å²) in [7, 11) is 0. The van der Waals surface area contributed by atoms with Gasteiger partial charge in [0, 0.05) is 5.69 Å². The Kier molecular flexibility index (Phi) is 5.60. The molecular formula is C21H16FN5O3S. The van der Waals surface area contributed by atoms with Gasteiger partial charge in [-0.25, -0.2) is 4.39 Å². The summed E-state index contributed by atoms with van der Waals surface area (Å²) < 4.78 is 26.1. The number of aromatic nitrogens is 3. The van der Waals surface area contributed by atoms with Crippen LogP contribution in [0.4, 0.5) is 10.2 Å². The first kappa shape index (κ1) is 20.4. The molecule has 0 bridgehead atoms. The van der Waals surface area contributed by atoms with Crippen LogP contribution in [0.15, 0.2) is 56.7 Å². The third-order valence-corrected chi connectivity index (χ3v) is 5.43. The summed E-state index contributed by atoms with van der Waals surface area (Å²) in [6.07, 6.45) is 1.49. The van der Waals surface area contributed by atoms with Crippen molar-refractivity contribution in [2.45, 2.75) is 19.1 Å². The number of nitrogens with zero attached hydrogens (tertiary/aromatic N) is 4. The molecule has 31 heavy (non-hydrogen) atoms. The number of nitrogens with one attached hydrogen (secondary N) is 1. The number of amides is 1. The fourth-order valence-corrected chi connectivity index (χ4v) is 3.63. The van der Waals surface area contributed by atoms with Gasteiger partial charge in [0.25, 0.3) is 11.1 Å². The number of furan rings is 1. The fraction of sp³-hybridized carbons (Fsp3) is 0.143. The monoisotopic (exact) mass is 437 g/mol. The van der Waals surface area contributed by atoms with Crippen molar-refractivity contribution in [3.05, 3.63) is 65.3 Å². The third-order valence-electron chi connectivity index (χ3n) is 4.61. The number of carbonyl (C=O) groups is 1. The minimum absolute atomic E-state index is 0.0307. The van der Waals surface area contributed by atoms with Crippen molar-refractivity contribution < 1.29 is 18.0 Å². The van der Waals surface area contributed by atoms with E-state index in [-0.39, 0.29) is 28.6 Å². The molecule has 3 heterocycles. The second-order valence-corrected chi connectivity index (χ2v) is 7.47. The van der Waals surface area contributed by atoms with Crippen LogP contribution >= 0.6 is 11.8 Å². The van der Waals surface area contributed by atoms with Crippen molar-refractivity contribution >= 4 is 23.5 Å². The summed E-state index contributed by atoms with van der Waals surface area (Å²) in [5.74, 6) is 0.104. The predicted octanol–water partition coefficient (Wildman–Crippen LogP) is 4.48. The average Bonchev–Trinajstić information content (AvgIpc) is 3.48. The maximum atomic E-state index is 13.8. The van der Waals surface area contributed by atoms with E-state index in [0.29, 0.717) is 22.6 Å². The van der Waals surface area contributed by atoms with E-state index in [9.17, 15) is 14.4 Å². The molecule has 0 fully saturated rings. The summed E-state index contributed by atoms with van der Waals surface area (Å²) in [5.41, 5.74) is 2.25. The summed E-state index contributed by atoms with van der Waals surface area (Å²) in [6.45, 7) is 3.59. The standard InChI is InChI=1S/C21H16FN5O3S/c1-12-13(2)27(15-6-3-5-14(22)9-15)19(16(12)10-23)24-18(28)11-31-21-26-25-20(30-21)17-7-4-8-29-17/h3-9H,11H2,1-2H3,(H,24,28). The Bertz CT molecular complexity index is 1290. The zero-order valence-corrected chi connectivity index (χ0v) is 17.4. The van der Waals surface area contributed by atoms with Gasteiger partial charge in [0.2, 0.25) is 5.91 Å². The van der Waals surface area contributed by atoms with Crippen LogP contribution < -0.4 is 5.32 Å². The molecular weight excluding hydrogens is 421 g/mol. The number of rotatable bonds is 6. The lowest BCUT2D eigenvalue weighted by molar-refractivity contribution is -0.113. The van der Waals surface area contributed by atoms with Crippen molar-refractivity contribution in [1.82, 2.24) is 14.8 Å². The zero-order valence-electron chi connectivity index (χ0n) is 16.5. The fourth-order valence-electron chi connectivity index (χ4n) is 3.06. The Hall–Kier alpha value is -3.84. The maximum absolute atomic E-state index is 13.8. The second-order valence-electron chi connectivity index (χ2n) is 6.55. The molecule has 0 aliphatic heterocycles. The van der Waals surface area contributed by atoms with Crippen LogP contribution in [-0.2, 0) is 4.79 Å². The number of hydrogen-bond donors (Lipinski definition) is 1. The van der Waals surface area contributed by atoms with E-state index in [0.717, 1.165) is 17.5 Å². The minimum Gasteiger partial charge on any atom is -0.459 e. The molecule has 8 nitrogen and oxygen atoms in total. The molecule has 0 aliphatic rings. The summed E-state index contributed by atoms with van der Waals surface area (Å²) >= 11 is 1.05. The van der Waals surface area contributed by atoms with Crippen molar-refractivity contribution in [2.24, 2.45) is 0 Å². The Balaban J connectivity index is 1.54. The van der Waals surface area contributed by atoms with Crippen LogP contribution in [0.2, 0.25) is 0 Å². The number of benzene rings is 1. The Morgan fingerprint density at radius 2 is 2.13 bits per heavy atom. The van der Waals surface area contributed by atoms with Gasteiger partial charge in [0.05, 0.1) is 23.3 Å². The van der Waals surface area contributed by atoms with Gasteiger partial charge in [-0.2, -0.15) is 5.26 Å². The Morgan fingerprint density at radius 1 is 1.29 bits per heavy atom. The maximum Gasteiger partial charge on any atom is 0.284 e. The molecule has 0 unspecified atom stereocenters. The second kappa shape index (κ2) is 8.49. The highest BCUT2D eigenvalue weighted by molar-refractivity contribution is 7.99. The van der Waals surface area contributed by atoms with Crippen molar-refractivity contribution in [3.8, 4) is 23.4 Å². The number of carbonyl (C=O) groups excluding carboxylic acids is 1. The van der Waals surface area contributed by atoms with E-state index in [1.54, 1.807) is 42.7 Å². The molecule has 4 rings (SSSR count). The van der Waals surface area contributed by atoms with Gasteiger partial charge in [-0.1, -0.05) is 17.8 Å². The molecule has 0 radical (unpaired) electrons. The predicted molar refractivity (Wildman–Crippen MR) is 111 cm³/mol. The molecule has 0 atom stereocenters. The highest BCUT2D eigenvalue weighted by atomic mass is 32.2. The SMILES string of the molecule is Cc1c(C#N)c(NC(=O)CSc2nnc(-c3ccco3)o2)n(-c2cccc(F)c2)c1C. The molecule has 0 saturated heterocycles. The molecule has 1 amide bonds. The summed E-state index contributed by atoms with van der Waals surface area (Å²) in [5, 5.41) is 20.3. The van der Waals surface area contributed by atoms with E-state index in [1.807, 2.05) is 0 Å². The number of thioether (sulfide) groups is 1. The van der Waals surface area contributed by atoms with Gasteiger partial charge < -0.3 is 14.2 Å². The van der Waals surface area contributed by atoms with Crippen molar-refractivity contribution in [3.63, 3.8) is 0 Å². The largest absolute Gasteiger partial charge is 0.459 e. The molecule has 10 heteroatoms. The van der Waals surface area contributed by atoms with Crippen LogP contribution in [0.25, 0.3) is 17.3 Å². The van der Waals surface area contributed by atoms with Crippen LogP contribution in [-0.4, -0.2) is 26.4 Å². The Labute approximate surface area is 180 Å². The lowest BCUT2D eigenvalue weighted by atomic mass is 10.2. The topological polar surface area (TPSA) is 110 Å². The van der Waals surface area contributed by atoms with Crippen LogP contribution in [0.1, 0.15) is 16.8 Å². The first-order valence-electron chi connectivity index (χ1n) is 9.16. The van der Waals surface area contributed by atoms with Gasteiger partial charge in [0.1, 0.15) is 17.7 Å². The smallest absolute Gasteiger partial charge is 0.284 e. The molecule has 0 aliphatic carbocycles. The zero-order chi connectivity index (χ0) is 22.0. The highest BCUT2D eigenvalue weighted by Crippen LogP contribution is 2.31. The highest BCUT2D eigenvalue weighted by Gasteiger charge is 2.21. The van der Waals surface area contributed by atoms with Crippen LogP contribution in [0.3, 0.4) is 0 Å². The van der Waals surface area contributed by atoms with Gasteiger partial charge in [-0.05, 0) is 49.7 Å². The average molecular weight is 437 g/mol. The summed E-state index contributed by atoms with van der Waals surface area (Å²) in [4.78, 5) is 12.6. The number of anilines is 1. The first-order valence-corrected chi connectivity index (χ1v) is 10.1. The van der Waals surface area contributed by atoms with Crippen molar-refractivity contribution in [1.29, 1.82) is 5.26 Å². The van der Waals surface area contributed by atoms with E-state index in [1.165, 1.54) is 18.4 Å².